The number of nitrogens with zero attached hydrogens (tertiary/aromatic N) is 1. The highest BCUT2D eigenvalue weighted by atomic mass is 16.5. The molecule has 7 nitrogen and oxygen atoms in total. The van der Waals surface area contributed by atoms with Gasteiger partial charge < -0.3 is 19.7 Å². The van der Waals surface area contributed by atoms with E-state index in [1.165, 1.54) is 5.56 Å². The molecule has 1 aliphatic heterocycles. The number of rotatable bonds is 5. The highest BCUT2D eigenvalue weighted by Gasteiger charge is 2.18. The van der Waals surface area contributed by atoms with Gasteiger partial charge in [-0.05, 0) is 23.5 Å². The van der Waals surface area contributed by atoms with Crippen LogP contribution < -0.4 is 4.74 Å². The van der Waals surface area contributed by atoms with Crippen LogP contribution in [0.15, 0.2) is 24.3 Å². The summed E-state index contributed by atoms with van der Waals surface area (Å²) in [6.07, 6.45) is 1.07. The van der Waals surface area contributed by atoms with Gasteiger partial charge in [0, 0.05) is 19.6 Å². The molecule has 0 radical (unpaired) electrons. The zero-order valence-corrected chi connectivity index (χ0v) is 15.7. The average molecular weight is 367 g/mol. The molecule has 0 aliphatic carbocycles. The summed E-state index contributed by atoms with van der Waals surface area (Å²) in [4.78, 5) is 20.6. The van der Waals surface area contributed by atoms with Crippen LogP contribution in [0.5, 0.6) is 5.75 Å². The summed E-state index contributed by atoms with van der Waals surface area (Å²) in [6, 6.07) is 8.38. The Morgan fingerprint density at radius 3 is 2.23 bits per heavy atom. The van der Waals surface area contributed by atoms with Crippen molar-refractivity contribution in [1.82, 2.24) is 4.90 Å². The number of ether oxygens (including phenoxy) is 2. The number of aliphatic carboxylic acids is 2. The number of hydrogen-bond acceptors (Lipinski definition) is 5. The molecule has 0 spiro atoms. The van der Waals surface area contributed by atoms with E-state index in [9.17, 15) is 0 Å². The van der Waals surface area contributed by atoms with E-state index in [1.807, 2.05) is 6.07 Å². The van der Waals surface area contributed by atoms with E-state index in [0.29, 0.717) is 0 Å². The summed E-state index contributed by atoms with van der Waals surface area (Å²) in [6.45, 7) is 12.4. The van der Waals surface area contributed by atoms with Crippen LogP contribution in [0.2, 0.25) is 0 Å². The molecule has 2 rings (SSSR count). The Hall–Kier alpha value is -2.12. The lowest BCUT2D eigenvalue weighted by atomic mass is 9.86. The van der Waals surface area contributed by atoms with Gasteiger partial charge in [-0.25, -0.2) is 9.59 Å². The summed E-state index contributed by atoms with van der Waals surface area (Å²) in [5.41, 5.74) is 1.41. The van der Waals surface area contributed by atoms with Crippen LogP contribution >= 0.6 is 0 Å². The summed E-state index contributed by atoms with van der Waals surface area (Å²) >= 11 is 0. The molecular weight excluding hydrogens is 338 g/mol. The van der Waals surface area contributed by atoms with E-state index in [-0.39, 0.29) is 5.41 Å². The fraction of sp³-hybridized carbons (Fsp3) is 0.579. The molecule has 0 bridgehead atoms. The van der Waals surface area contributed by atoms with Crippen LogP contribution in [0, 0.1) is 0 Å². The Bertz CT molecular complexity index is 564. The van der Waals surface area contributed by atoms with Gasteiger partial charge in [-0.15, -0.1) is 0 Å². The van der Waals surface area contributed by atoms with Gasteiger partial charge in [0.1, 0.15) is 5.75 Å². The third kappa shape index (κ3) is 8.31. The number of carboxylic acids is 2. The Morgan fingerprint density at radius 2 is 1.69 bits per heavy atom. The molecule has 1 fully saturated rings. The number of morpholine rings is 1. The Balaban J connectivity index is 0.000000487. The van der Waals surface area contributed by atoms with E-state index in [2.05, 4.69) is 43.9 Å². The van der Waals surface area contributed by atoms with Gasteiger partial charge >= 0.3 is 11.9 Å². The standard InChI is InChI=1S/C17H27NO2.C2H2O4/c1-17(2,3)15-7-4-5-8-16(15)20-12-6-9-18-10-13-19-14-11-18;3-1(4)2(5)6/h4-5,7-8H,6,9-14H2,1-3H3;(H,3,4)(H,5,6). The molecule has 7 heteroatoms. The van der Waals surface area contributed by atoms with Gasteiger partial charge in [0.25, 0.3) is 0 Å². The molecule has 146 valence electrons. The second kappa shape index (κ2) is 10.8. The van der Waals surface area contributed by atoms with Crippen LogP contribution in [-0.2, 0) is 19.7 Å². The van der Waals surface area contributed by atoms with Gasteiger partial charge in [0.05, 0.1) is 19.8 Å². The largest absolute Gasteiger partial charge is 0.493 e. The maximum absolute atomic E-state index is 9.10. The predicted molar refractivity (Wildman–Crippen MR) is 97.8 cm³/mol. The summed E-state index contributed by atoms with van der Waals surface area (Å²) in [7, 11) is 0. The monoisotopic (exact) mass is 367 g/mol. The van der Waals surface area contributed by atoms with E-state index in [4.69, 9.17) is 29.3 Å². The van der Waals surface area contributed by atoms with Crippen molar-refractivity contribution in [2.24, 2.45) is 0 Å². The molecule has 1 heterocycles. The Morgan fingerprint density at radius 1 is 1.12 bits per heavy atom. The first kappa shape index (κ1) is 21.9. The minimum Gasteiger partial charge on any atom is -0.493 e. The van der Waals surface area contributed by atoms with Gasteiger partial charge in [0.15, 0.2) is 0 Å². The van der Waals surface area contributed by atoms with Gasteiger partial charge in [-0.2, -0.15) is 0 Å². The fourth-order valence-corrected chi connectivity index (χ4v) is 2.51. The topological polar surface area (TPSA) is 96.3 Å². The zero-order chi connectivity index (χ0) is 19.6. The lowest BCUT2D eigenvalue weighted by molar-refractivity contribution is -0.159. The van der Waals surface area contributed by atoms with Gasteiger partial charge in [0.2, 0.25) is 0 Å². The number of carboxylic acid groups (broad SMARTS) is 2. The predicted octanol–water partition coefficient (Wildman–Crippen LogP) is 2.24. The van der Waals surface area contributed by atoms with Crippen LogP contribution in [0.3, 0.4) is 0 Å². The first-order chi connectivity index (χ1) is 12.2. The lowest BCUT2D eigenvalue weighted by Crippen LogP contribution is -2.37. The molecule has 0 unspecified atom stereocenters. The maximum atomic E-state index is 9.10. The molecule has 0 atom stereocenters. The molecule has 0 aromatic heterocycles. The minimum absolute atomic E-state index is 0.126. The third-order valence-corrected chi connectivity index (χ3v) is 3.86. The summed E-state index contributed by atoms with van der Waals surface area (Å²) < 4.78 is 11.4. The number of benzene rings is 1. The van der Waals surface area contributed by atoms with E-state index >= 15 is 0 Å². The van der Waals surface area contributed by atoms with E-state index in [0.717, 1.165) is 51.6 Å². The van der Waals surface area contributed by atoms with E-state index in [1.54, 1.807) is 0 Å². The zero-order valence-electron chi connectivity index (χ0n) is 15.7. The second-order valence-corrected chi connectivity index (χ2v) is 7.01. The van der Waals surface area contributed by atoms with Crippen LogP contribution in [0.25, 0.3) is 0 Å². The molecule has 0 saturated carbocycles. The summed E-state index contributed by atoms with van der Waals surface area (Å²) in [5.74, 6) is -2.62. The first-order valence-corrected chi connectivity index (χ1v) is 8.70. The number of carbonyl (C=O) groups is 2. The van der Waals surface area contributed by atoms with Crippen molar-refractivity contribution in [2.45, 2.75) is 32.6 Å². The van der Waals surface area contributed by atoms with Crippen LogP contribution in [-0.4, -0.2) is 66.5 Å². The van der Waals surface area contributed by atoms with Crippen LogP contribution in [0.1, 0.15) is 32.8 Å². The van der Waals surface area contributed by atoms with E-state index < -0.39 is 11.9 Å². The van der Waals surface area contributed by atoms with Gasteiger partial charge in [-0.3, -0.25) is 4.90 Å². The Labute approximate surface area is 154 Å². The first-order valence-electron chi connectivity index (χ1n) is 8.70. The Kier molecular flexibility index (Phi) is 9.09. The van der Waals surface area contributed by atoms with Crippen molar-refractivity contribution in [3.05, 3.63) is 29.8 Å². The fourth-order valence-electron chi connectivity index (χ4n) is 2.51. The maximum Gasteiger partial charge on any atom is 0.414 e. The molecule has 1 saturated heterocycles. The number of para-hydroxylation sites is 1. The average Bonchev–Trinajstić information content (AvgIpc) is 2.59. The van der Waals surface area contributed by atoms with Crippen molar-refractivity contribution in [1.29, 1.82) is 0 Å². The normalized spacial score (nSPS) is 14.9. The molecular formula is C19H29NO6. The molecule has 1 aromatic rings. The molecule has 26 heavy (non-hydrogen) atoms. The molecule has 1 aliphatic rings. The van der Waals surface area contributed by atoms with Gasteiger partial charge in [-0.1, -0.05) is 39.0 Å². The van der Waals surface area contributed by atoms with Crippen molar-refractivity contribution in [3.63, 3.8) is 0 Å². The second-order valence-electron chi connectivity index (χ2n) is 7.01. The van der Waals surface area contributed by atoms with Crippen molar-refractivity contribution < 1.29 is 29.3 Å². The summed E-state index contributed by atoms with van der Waals surface area (Å²) in [5, 5.41) is 14.8. The smallest absolute Gasteiger partial charge is 0.414 e. The lowest BCUT2D eigenvalue weighted by Gasteiger charge is -2.27. The minimum atomic E-state index is -1.82. The van der Waals surface area contributed by atoms with Crippen molar-refractivity contribution >= 4 is 11.9 Å². The third-order valence-electron chi connectivity index (χ3n) is 3.86. The molecule has 2 N–H and O–H groups in total. The quantitative estimate of drug-likeness (QED) is 0.608. The van der Waals surface area contributed by atoms with Crippen molar-refractivity contribution in [3.8, 4) is 5.75 Å². The number of hydrogen-bond donors (Lipinski definition) is 2. The highest BCUT2D eigenvalue weighted by molar-refractivity contribution is 6.27. The molecule has 0 amide bonds. The van der Waals surface area contributed by atoms with Crippen molar-refractivity contribution in [2.75, 3.05) is 39.5 Å². The SMILES string of the molecule is CC(C)(C)c1ccccc1OCCCN1CCOCC1.O=C(O)C(=O)O. The molecule has 1 aromatic carbocycles. The highest BCUT2D eigenvalue weighted by Crippen LogP contribution is 2.30. The van der Waals surface area contributed by atoms with Crippen LogP contribution in [0.4, 0.5) is 0 Å².